The van der Waals surface area contributed by atoms with Crippen molar-refractivity contribution >= 4 is 0 Å². The Labute approximate surface area is 109 Å². The van der Waals surface area contributed by atoms with Gasteiger partial charge in [-0.1, -0.05) is 0 Å². The zero-order chi connectivity index (χ0) is 13.2. The maximum Gasteiger partial charge on any atom is 0.101 e. The molecule has 1 rings (SSSR count). The van der Waals surface area contributed by atoms with Crippen LogP contribution in [0, 0.1) is 0 Å². The van der Waals surface area contributed by atoms with Gasteiger partial charge in [0, 0.05) is 20.2 Å². The van der Waals surface area contributed by atoms with E-state index in [1.807, 2.05) is 6.92 Å². The summed E-state index contributed by atoms with van der Waals surface area (Å²) in [6.07, 6.45) is -0.546. The fourth-order valence-electron chi connectivity index (χ4n) is 1.67. The lowest BCUT2D eigenvalue weighted by atomic mass is 10.3. The van der Waals surface area contributed by atoms with Gasteiger partial charge in [-0.2, -0.15) is 0 Å². The Balaban J connectivity index is 1.97. The summed E-state index contributed by atoms with van der Waals surface area (Å²) in [4.78, 5) is 0. The minimum Gasteiger partial charge on any atom is -0.388 e. The molecule has 0 saturated carbocycles. The lowest BCUT2D eigenvalue weighted by molar-refractivity contribution is -0.0781. The number of aliphatic hydroxyl groups excluding tert-OH is 1. The molecule has 3 unspecified atom stereocenters. The van der Waals surface area contributed by atoms with Crippen LogP contribution in [-0.2, 0) is 18.9 Å². The van der Waals surface area contributed by atoms with E-state index in [2.05, 4.69) is 5.32 Å². The lowest BCUT2D eigenvalue weighted by Crippen LogP contribution is -2.41. The van der Waals surface area contributed by atoms with Crippen molar-refractivity contribution in [1.29, 1.82) is 0 Å². The van der Waals surface area contributed by atoms with Gasteiger partial charge in [0.1, 0.15) is 6.10 Å². The van der Waals surface area contributed by atoms with Crippen molar-refractivity contribution in [3.63, 3.8) is 0 Å². The van der Waals surface area contributed by atoms with E-state index >= 15 is 0 Å². The first kappa shape index (κ1) is 15.8. The second kappa shape index (κ2) is 9.66. The third-order valence-electron chi connectivity index (χ3n) is 2.59. The molecule has 18 heavy (non-hydrogen) atoms. The smallest absolute Gasteiger partial charge is 0.101 e. The predicted octanol–water partition coefficient (Wildman–Crippen LogP) is -0.596. The number of morpholine rings is 1. The van der Waals surface area contributed by atoms with Gasteiger partial charge >= 0.3 is 0 Å². The first-order chi connectivity index (χ1) is 8.72. The van der Waals surface area contributed by atoms with Crippen molar-refractivity contribution in [2.24, 2.45) is 0 Å². The summed E-state index contributed by atoms with van der Waals surface area (Å²) in [6, 6.07) is 0. The van der Waals surface area contributed by atoms with E-state index in [0.717, 1.165) is 13.1 Å². The van der Waals surface area contributed by atoms with Crippen LogP contribution in [0.15, 0.2) is 0 Å². The Morgan fingerprint density at radius 2 is 2.22 bits per heavy atom. The normalized spacial score (nSPS) is 23.8. The fraction of sp³-hybridized carbons (Fsp3) is 1.00. The van der Waals surface area contributed by atoms with Gasteiger partial charge in [-0.25, -0.2) is 0 Å². The SMILES string of the molecule is COCC(C)OCC(O)COCC1CNCCO1. The lowest BCUT2D eigenvalue weighted by Gasteiger charge is -2.24. The van der Waals surface area contributed by atoms with Crippen LogP contribution in [0.1, 0.15) is 6.92 Å². The van der Waals surface area contributed by atoms with Crippen LogP contribution >= 0.6 is 0 Å². The average molecular weight is 263 g/mol. The number of nitrogens with one attached hydrogen (secondary N) is 1. The third-order valence-corrected chi connectivity index (χ3v) is 2.59. The minimum atomic E-state index is -0.610. The van der Waals surface area contributed by atoms with Crippen LogP contribution in [0.25, 0.3) is 0 Å². The summed E-state index contributed by atoms with van der Waals surface area (Å²) >= 11 is 0. The van der Waals surface area contributed by atoms with E-state index in [0.29, 0.717) is 19.8 Å². The van der Waals surface area contributed by atoms with Gasteiger partial charge in [-0.15, -0.1) is 0 Å². The monoisotopic (exact) mass is 263 g/mol. The Kier molecular flexibility index (Phi) is 8.49. The van der Waals surface area contributed by atoms with E-state index in [-0.39, 0.29) is 25.4 Å². The molecule has 0 aliphatic carbocycles. The summed E-state index contributed by atoms with van der Waals surface area (Å²) in [5, 5.41) is 12.9. The van der Waals surface area contributed by atoms with Gasteiger partial charge in [0.25, 0.3) is 0 Å². The molecular weight excluding hydrogens is 238 g/mol. The zero-order valence-corrected chi connectivity index (χ0v) is 11.3. The summed E-state index contributed by atoms with van der Waals surface area (Å²) in [6.45, 7) is 5.86. The van der Waals surface area contributed by atoms with E-state index in [9.17, 15) is 5.11 Å². The molecule has 108 valence electrons. The highest BCUT2D eigenvalue weighted by atomic mass is 16.6. The van der Waals surface area contributed by atoms with Gasteiger partial charge in [0.15, 0.2) is 0 Å². The third kappa shape index (κ3) is 7.25. The molecular formula is C12H25NO5. The van der Waals surface area contributed by atoms with Gasteiger partial charge in [-0.3, -0.25) is 0 Å². The molecule has 1 heterocycles. The topological polar surface area (TPSA) is 69.2 Å². The van der Waals surface area contributed by atoms with Crippen molar-refractivity contribution in [1.82, 2.24) is 5.32 Å². The second-order valence-electron chi connectivity index (χ2n) is 4.49. The van der Waals surface area contributed by atoms with Crippen LogP contribution < -0.4 is 5.32 Å². The van der Waals surface area contributed by atoms with E-state index < -0.39 is 6.10 Å². The molecule has 0 aromatic rings. The van der Waals surface area contributed by atoms with E-state index in [1.165, 1.54) is 0 Å². The van der Waals surface area contributed by atoms with Crippen molar-refractivity contribution in [2.45, 2.75) is 25.2 Å². The Morgan fingerprint density at radius 3 is 2.89 bits per heavy atom. The molecule has 0 aromatic heterocycles. The largest absolute Gasteiger partial charge is 0.388 e. The number of hydrogen-bond donors (Lipinski definition) is 2. The Hall–Kier alpha value is -0.240. The summed E-state index contributed by atoms with van der Waals surface area (Å²) in [5.41, 5.74) is 0. The molecule has 0 bridgehead atoms. The number of methoxy groups -OCH3 is 1. The van der Waals surface area contributed by atoms with Crippen molar-refractivity contribution in [3.8, 4) is 0 Å². The minimum absolute atomic E-state index is 0.0180. The molecule has 0 radical (unpaired) electrons. The zero-order valence-electron chi connectivity index (χ0n) is 11.3. The van der Waals surface area contributed by atoms with E-state index in [1.54, 1.807) is 7.11 Å². The van der Waals surface area contributed by atoms with Crippen LogP contribution in [0.3, 0.4) is 0 Å². The molecule has 6 nitrogen and oxygen atoms in total. The average Bonchev–Trinajstić information content (AvgIpc) is 2.38. The number of ether oxygens (including phenoxy) is 4. The molecule has 6 heteroatoms. The molecule has 2 N–H and O–H groups in total. The predicted molar refractivity (Wildman–Crippen MR) is 66.7 cm³/mol. The van der Waals surface area contributed by atoms with E-state index in [4.69, 9.17) is 18.9 Å². The van der Waals surface area contributed by atoms with Gasteiger partial charge < -0.3 is 29.4 Å². The molecule has 1 aliphatic rings. The molecule has 0 aromatic carbocycles. The number of aliphatic hydroxyl groups is 1. The maximum absolute atomic E-state index is 9.65. The highest BCUT2D eigenvalue weighted by Gasteiger charge is 2.14. The maximum atomic E-state index is 9.65. The molecule has 0 spiro atoms. The molecule has 0 amide bonds. The van der Waals surface area contributed by atoms with Crippen molar-refractivity contribution in [3.05, 3.63) is 0 Å². The fourth-order valence-corrected chi connectivity index (χ4v) is 1.67. The highest BCUT2D eigenvalue weighted by Crippen LogP contribution is 1.99. The second-order valence-corrected chi connectivity index (χ2v) is 4.49. The molecule has 1 aliphatic heterocycles. The van der Waals surface area contributed by atoms with Crippen LogP contribution in [-0.4, -0.2) is 76.7 Å². The summed E-state index contributed by atoms with van der Waals surface area (Å²) in [5.74, 6) is 0. The van der Waals surface area contributed by atoms with Crippen LogP contribution in [0.5, 0.6) is 0 Å². The number of hydrogen-bond acceptors (Lipinski definition) is 6. The van der Waals surface area contributed by atoms with Gasteiger partial charge in [0.2, 0.25) is 0 Å². The quantitative estimate of drug-likeness (QED) is 0.579. The van der Waals surface area contributed by atoms with Crippen LogP contribution in [0.2, 0.25) is 0 Å². The van der Waals surface area contributed by atoms with Gasteiger partial charge in [-0.05, 0) is 6.92 Å². The van der Waals surface area contributed by atoms with Crippen molar-refractivity contribution in [2.75, 3.05) is 53.2 Å². The summed E-state index contributed by atoms with van der Waals surface area (Å²) in [7, 11) is 1.62. The first-order valence-electron chi connectivity index (χ1n) is 6.41. The highest BCUT2D eigenvalue weighted by molar-refractivity contribution is 4.66. The molecule has 3 atom stereocenters. The first-order valence-corrected chi connectivity index (χ1v) is 6.41. The molecule has 1 fully saturated rings. The standard InChI is InChI=1S/C12H25NO5/c1-10(6-15-2)18-8-11(14)7-16-9-12-5-13-3-4-17-12/h10-14H,3-9H2,1-2H3. The van der Waals surface area contributed by atoms with Crippen LogP contribution in [0.4, 0.5) is 0 Å². The number of rotatable bonds is 9. The van der Waals surface area contributed by atoms with Crippen molar-refractivity contribution < 1.29 is 24.1 Å². The summed E-state index contributed by atoms with van der Waals surface area (Å²) < 4.78 is 21.2. The Bertz CT molecular complexity index is 199. The Morgan fingerprint density at radius 1 is 1.39 bits per heavy atom. The van der Waals surface area contributed by atoms with Gasteiger partial charge in [0.05, 0.1) is 45.2 Å². The molecule has 1 saturated heterocycles.